The van der Waals surface area contributed by atoms with E-state index in [1.807, 2.05) is 13.8 Å². The van der Waals surface area contributed by atoms with Crippen molar-refractivity contribution in [3.8, 4) is 0 Å². The third-order valence-electron chi connectivity index (χ3n) is 16.2. The average molecular weight is 787 g/mol. The van der Waals surface area contributed by atoms with E-state index in [-0.39, 0.29) is 67.7 Å². The van der Waals surface area contributed by atoms with Crippen molar-refractivity contribution in [3.63, 3.8) is 0 Å². The minimum absolute atomic E-state index is 0.0189. The summed E-state index contributed by atoms with van der Waals surface area (Å²) < 4.78 is 36.8. The van der Waals surface area contributed by atoms with Crippen LogP contribution in [-0.2, 0) is 28.4 Å². The highest BCUT2D eigenvalue weighted by Crippen LogP contribution is 2.70. The van der Waals surface area contributed by atoms with Crippen molar-refractivity contribution >= 4 is 0 Å². The summed E-state index contributed by atoms with van der Waals surface area (Å²) in [5, 5.41) is 86.8. The van der Waals surface area contributed by atoms with Crippen molar-refractivity contribution in [2.24, 2.45) is 40.4 Å². The summed E-state index contributed by atoms with van der Waals surface area (Å²) in [5.41, 5.74) is -1.80. The van der Waals surface area contributed by atoms with Crippen LogP contribution in [0.1, 0.15) is 112 Å². The van der Waals surface area contributed by atoms with Gasteiger partial charge in [0, 0.05) is 37.9 Å². The predicted molar refractivity (Wildman–Crippen MR) is 196 cm³/mol. The molecule has 0 aromatic carbocycles. The van der Waals surface area contributed by atoms with E-state index in [1.54, 1.807) is 13.8 Å². The van der Waals surface area contributed by atoms with Gasteiger partial charge in [-0.15, -0.1) is 0 Å². The monoisotopic (exact) mass is 786 g/mol. The van der Waals surface area contributed by atoms with E-state index < -0.39 is 90.9 Å². The quantitative estimate of drug-likeness (QED) is 0.148. The second-order valence-electron chi connectivity index (χ2n) is 19.0. The molecule has 0 bridgehead atoms. The normalized spacial score (nSPS) is 54.9. The van der Waals surface area contributed by atoms with E-state index in [4.69, 9.17) is 28.4 Å². The number of aliphatic hydroxyl groups is 8. The van der Waals surface area contributed by atoms with Crippen LogP contribution in [0.5, 0.6) is 0 Å². The van der Waals surface area contributed by atoms with Crippen LogP contribution >= 0.6 is 0 Å². The largest absolute Gasteiger partial charge is 0.396 e. The van der Waals surface area contributed by atoms with Gasteiger partial charge in [-0.2, -0.15) is 0 Å². The van der Waals surface area contributed by atoms with Crippen molar-refractivity contribution in [2.75, 3.05) is 13.2 Å². The van der Waals surface area contributed by atoms with Crippen molar-refractivity contribution < 1.29 is 69.3 Å². The van der Waals surface area contributed by atoms with Gasteiger partial charge in [0.2, 0.25) is 0 Å². The van der Waals surface area contributed by atoms with Gasteiger partial charge in [0.05, 0.1) is 54.4 Å². The van der Waals surface area contributed by atoms with Gasteiger partial charge in [-0.3, -0.25) is 0 Å². The molecule has 0 aromatic heterocycles. The van der Waals surface area contributed by atoms with Crippen LogP contribution in [0.2, 0.25) is 0 Å². The topological polar surface area (TPSA) is 217 Å². The molecule has 4 saturated carbocycles. The molecular weight excluding hydrogens is 716 g/mol. The lowest BCUT2D eigenvalue weighted by atomic mass is 9.42. The Balaban J connectivity index is 0.911. The summed E-state index contributed by atoms with van der Waals surface area (Å²) in [5.74, 6) is 0.412. The van der Waals surface area contributed by atoms with E-state index >= 15 is 0 Å². The van der Waals surface area contributed by atoms with Gasteiger partial charge in [-0.05, 0) is 114 Å². The van der Waals surface area contributed by atoms with Crippen molar-refractivity contribution in [3.05, 3.63) is 0 Å². The molecule has 318 valence electrons. The Kier molecular flexibility index (Phi) is 12.8. The minimum Gasteiger partial charge on any atom is -0.396 e. The molecule has 7 rings (SSSR count). The van der Waals surface area contributed by atoms with Crippen LogP contribution in [0.3, 0.4) is 0 Å². The Morgan fingerprint density at radius 3 is 1.80 bits per heavy atom. The zero-order valence-electron chi connectivity index (χ0n) is 33.4. The van der Waals surface area contributed by atoms with Gasteiger partial charge in [0.1, 0.15) is 18.3 Å². The Bertz CT molecular complexity index is 1260. The Labute approximate surface area is 325 Å². The number of hydrogen-bond acceptors (Lipinski definition) is 14. The molecule has 55 heavy (non-hydrogen) atoms. The van der Waals surface area contributed by atoms with Gasteiger partial charge < -0.3 is 69.3 Å². The van der Waals surface area contributed by atoms with Crippen molar-refractivity contribution in [1.82, 2.24) is 0 Å². The molecule has 3 heterocycles. The first-order valence-electron chi connectivity index (χ1n) is 21.3. The highest BCUT2D eigenvalue weighted by Gasteiger charge is 2.71. The Morgan fingerprint density at radius 1 is 0.655 bits per heavy atom. The van der Waals surface area contributed by atoms with Crippen molar-refractivity contribution in [2.45, 2.75) is 203 Å². The first kappa shape index (κ1) is 42.6. The first-order valence-corrected chi connectivity index (χ1v) is 21.3. The predicted octanol–water partition coefficient (Wildman–Crippen LogP) is 1.73. The molecule has 4 aliphatic carbocycles. The van der Waals surface area contributed by atoms with Crippen LogP contribution in [0.25, 0.3) is 0 Å². The summed E-state index contributed by atoms with van der Waals surface area (Å²) in [4.78, 5) is 0. The number of fused-ring (bicyclic) bond motifs is 5. The maximum absolute atomic E-state index is 12.6. The number of aliphatic hydroxyl groups excluding tert-OH is 7. The van der Waals surface area contributed by atoms with Gasteiger partial charge >= 0.3 is 0 Å². The molecule has 0 radical (unpaired) electrons. The van der Waals surface area contributed by atoms with E-state index in [9.17, 15) is 40.9 Å². The molecular formula is C41H70O14. The summed E-state index contributed by atoms with van der Waals surface area (Å²) in [6.07, 6.45) is -2.67. The van der Waals surface area contributed by atoms with Crippen molar-refractivity contribution in [1.29, 1.82) is 0 Å². The van der Waals surface area contributed by atoms with Crippen LogP contribution < -0.4 is 0 Å². The molecule has 22 atom stereocenters. The average Bonchev–Trinajstić information content (AvgIpc) is 3.41. The Hall–Kier alpha value is -0.560. The van der Waals surface area contributed by atoms with Crippen LogP contribution in [0.15, 0.2) is 0 Å². The highest BCUT2D eigenvalue weighted by molar-refractivity contribution is 5.20. The lowest BCUT2D eigenvalue weighted by molar-refractivity contribution is -0.336. The molecule has 7 aliphatic rings. The van der Waals surface area contributed by atoms with Gasteiger partial charge in [0.15, 0.2) is 18.9 Å². The smallest absolute Gasteiger partial charge is 0.161 e. The molecule has 8 N–H and O–H groups in total. The third-order valence-corrected chi connectivity index (χ3v) is 16.2. The number of hydrogen-bond donors (Lipinski definition) is 8. The van der Waals surface area contributed by atoms with Gasteiger partial charge in [-0.25, -0.2) is 0 Å². The van der Waals surface area contributed by atoms with Gasteiger partial charge in [-0.1, -0.05) is 13.8 Å². The highest BCUT2D eigenvalue weighted by atomic mass is 16.7. The summed E-state index contributed by atoms with van der Waals surface area (Å²) in [6, 6.07) is 0. The second kappa shape index (κ2) is 16.5. The fourth-order valence-corrected chi connectivity index (χ4v) is 13.0. The molecule has 0 spiro atoms. The van der Waals surface area contributed by atoms with Crippen LogP contribution in [0, 0.1) is 40.4 Å². The number of rotatable bonds is 10. The Morgan fingerprint density at radius 2 is 1.24 bits per heavy atom. The zero-order valence-corrected chi connectivity index (χ0v) is 33.4. The number of ether oxygens (including phenoxy) is 6. The van der Waals surface area contributed by atoms with E-state index in [2.05, 4.69) is 6.92 Å². The standard InChI is InChI=1S/C41H70O14/c1-20-36(48)29(44)16-34(50-20)54-38-22(3)52-35(18-31(38)46)55-37-21(2)51-33(17-30(37)45)53-25-8-11-39(4)24(14-25)6-7-27-28(39)15-32(47)40(5)26(9-12-41(27,40)49)23(19-43)10-13-42/h20-38,42-49H,6-19H2,1-5H3/t20-,21-,22-,23?,24-,25+,26-,27-,28+,29+,30+,31+,32-,33+,34+,35+,36-,37-,38-,39+,40+,41+/m1/s1. The fraction of sp³-hybridized carbons (Fsp3) is 1.00. The molecule has 3 aliphatic heterocycles. The molecule has 7 fully saturated rings. The minimum atomic E-state index is -1.02. The maximum atomic E-state index is 12.6. The maximum Gasteiger partial charge on any atom is 0.161 e. The van der Waals surface area contributed by atoms with E-state index in [0.717, 1.165) is 38.5 Å². The molecule has 14 heteroatoms. The fourth-order valence-electron chi connectivity index (χ4n) is 13.0. The molecule has 1 unspecified atom stereocenters. The van der Waals surface area contributed by atoms with Crippen LogP contribution in [0.4, 0.5) is 0 Å². The molecule has 3 saturated heterocycles. The lowest BCUT2D eigenvalue weighted by Crippen LogP contribution is -2.67. The van der Waals surface area contributed by atoms with Gasteiger partial charge in [0.25, 0.3) is 0 Å². The molecule has 0 amide bonds. The molecule has 0 aromatic rings. The second-order valence-corrected chi connectivity index (χ2v) is 19.0. The third kappa shape index (κ3) is 7.60. The SMILES string of the molecule is C[C@H]1O[C@@H](O[C@H]2[C@@H](O)C[C@H](O[C@H]3[C@@H](O)C[C@H](O[C@H]4CC[C@@]5(C)[C@H](CC[C@@H]6[C@@H]5C[C@@H](O)[C@]5(C)[C@@H](C(CO)CCO)CC[C@]65O)C4)O[C@@H]3C)O[C@@H]2C)C[C@H](O)[C@@H]1O. The summed E-state index contributed by atoms with van der Waals surface area (Å²) >= 11 is 0. The van der Waals surface area contributed by atoms with E-state index in [0.29, 0.717) is 25.2 Å². The summed E-state index contributed by atoms with van der Waals surface area (Å²) in [7, 11) is 0. The van der Waals surface area contributed by atoms with E-state index in [1.165, 1.54) is 0 Å². The molecule has 14 nitrogen and oxygen atoms in total. The first-order chi connectivity index (χ1) is 26.0. The zero-order chi connectivity index (χ0) is 39.6. The van der Waals surface area contributed by atoms with Crippen LogP contribution in [-0.4, -0.2) is 146 Å². The summed E-state index contributed by atoms with van der Waals surface area (Å²) in [6.45, 7) is 9.56. The lowest BCUT2D eigenvalue weighted by Gasteiger charge is -2.65.